The zero-order valence-corrected chi connectivity index (χ0v) is 20.2. The number of hydrazone groups is 1. The van der Waals surface area contributed by atoms with Crippen molar-refractivity contribution >= 4 is 23.4 Å². The molecule has 8 nitrogen and oxygen atoms in total. The lowest BCUT2D eigenvalue weighted by Crippen LogP contribution is -2.28. The summed E-state index contributed by atoms with van der Waals surface area (Å²) in [5, 5.41) is 15.6. The van der Waals surface area contributed by atoms with Gasteiger partial charge in [-0.15, -0.1) is 10.2 Å². The molecule has 0 saturated heterocycles. The third kappa shape index (κ3) is 4.81. The number of thioether (sulfide) groups is 1. The Hall–Kier alpha value is -3.98. The van der Waals surface area contributed by atoms with E-state index in [1.54, 1.807) is 24.5 Å². The molecule has 1 unspecified atom stereocenters. The fourth-order valence-electron chi connectivity index (χ4n) is 4.01. The Balaban J connectivity index is 1.36. The molecule has 2 aromatic carbocycles. The summed E-state index contributed by atoms with van der Waals surface area (Å²) in [7, 11) is 3.53. The Labute approximate surface area is 207 Å². The van der Waals surface area contributed by atoms with Crippen molar-refractivity contribution in [3.63, 3.8) is 0 Å². The first-order valence-electron chi connectivity index (χ1n) is 11.2. The monoisotopic (exact) mass is 484 g/mol. The van der Waals surface area contributed by atoms with Gasteiger partial charge in [0, 0.05) is 31.4 Å². The Kier molecular flexibility index (Phi) is 6.58. The summed E-state index contributed by atoms with van der Waals surface area (Å²) in [6.07, 6.45) is 4.10. The van der Waals surface area contributed by atoms with E-state index in [9.17, 15) is 4.79 Å². The van der Waals surface area contributed by atoms with E-state index in [4.69, 9.17) is 9.84 Å². The number of methoxy groups -OCH3 is 1. The minimum atomic E-state index is -0.185. The number of ether oxygens (including phenoxy) is 1. The molecular weight excluding hydrogens is 460 g/mol. The fourth-order valence-corrected chi connectivity index (χ4v) is 4.77. The van der Waals surface area contributed by atoms with Crippen LogP contribution in [0.15, 0.2) is 89.4 Å². The van der Waals surface area contributed by atoms with E-state index < -0.39 is 0 Å². The summed E-state index contributed by atoms with van der Waals surface area (Å²) < 4.78 is 7.17. The van der Waals surface area contributed by atoms with Gasteiger partial charge in [0.1, 0.15) is 5.75 Å². The molecule has 0 saturated carbocycles. The van der Waals surface area contributed by atoms with Crippen molar-refractivity contribution in [1.29, 1.82) is 0 Å². The molecule has 1 aliphatic heterocycles. The number of hydrogen-bond donors (Lipinski definition) is 0. The molecule has 0 aliphatic carbocycles. The van der Waals surface area contributed by atoms with Crippen LogP contribution in [-0.4, -0.2) is 49.2 Å². The Morgan fingerprint density at radius 3 is 2.51 bits per heavy atom. The standard InChI is InChI=1S/C26H24N6O2S/c1-31-25(20-9-6-14-27-16-20)28-29-26(31)35-17-24(33)32-23(19-10-12-21(34-2)13-11-19)15-22(30-32)18-7-4-3-5-8-18/h3-14,16,23H,15,17H2,1-2H3. The molecule has 1 amide bonds. The average molecular weight is 485 g/mol. The topological polar surface area (TPSA) is 85.5 Å². The summed E-state index contributed by atoms with van der Waals surface area (Å²) >= 11 is 1.35. The summed E-state index contributed by atoms with van der Waals surface area (Å²) in [5.74, 6) is 1.58. The summed E-state index contributed by atoms with van der Waals surface area (Å²) in [5.41, 5.74) is 3.79. The number of carbonyl (C=O) groups excluding carboxylic acids is 1. The largest absolute Gasteiger partial charge is 0.497 e. The van der Waals surface area contributed by atoms with Gasteiger partial charge in [-0.1, -0.05) is 54.2 Å². The minimum Gasteiger partial charge on any atom is -0.497 e. The number of benzene rings is 2. The number of aromatic nitrogens is 4. The van der Waals surface area contributed by atoms with Gasteiger partial charge in [0.25, 0.3) is 5.91 Å². The van der Waals surface area contributed by atoms with Crippen molar-refractivity contribution in [2.75, 3.05) is 12.9 Å². The molecule has 35 heavy (non-hydrogen) atoms. The number of hydrogen-bond acceptors (Lipinski definition) is 7. The van der Waals surface area contributed by atoms with Crippen LogP contribution < -0.4 is 4.74 Å². The van der Waals surface area contributed by atoms with Crippen molar-refractivity contribution < 1.29 is 9.53 Å². The number of rotatable bonds is 7. The van der Waals surface area contributed by atoms with E-state index in [0.717, 1.165) is 28.2 Å². The second kappa shape index (κ2) is 10.1. The first-order valence-corrected chi connectivity index (χ1v) is 12.1. The van der Waals surface area contributed by atoms with Crippen molar-refractivity contribution in [2.24, 2.45) is 12.1 Å². The normalized spacial score (nSPS) is 15.2. The van der Waals surface area contributed by atoms with Crippen LogP contribution in [0, 0.1) is 0 Å². The molecule has 5 rings (SSSR count). The number of pyridine rings is 1. The van der Waals surface area contributed by atoms with Gasteiger partial charge in [-0.05, 0) is 35.4 Å². The van der Waals surface area contributed by atoms with Crippen LogP contribution in [-0.2, 0) is 11.8 Å². The van der Waals surface area contributed by atoms with Gasteiger partial charge < -0.3 is 9.30 Å². The molecule has 0 N–H and O–H groups in total. The molecular formula is C26H24N6O2S. The first-order chi connectivity index (χ1) is 17.1. The van der Waals surface area contributed by atoms with Crippen molar-refractivity contribution in [3.8, 4) is 17.1 Å². The molecule has 0 radical (unpaired) electrons. The van der Waals surface area contributed by atoms with Crippen LogP contribution in [0.25, 0.3) is 11.4 Å². The smallest absolute Gasteiger partial charge is 0.253 e. The second-order valence-electron chi connectivity index (χ2n) is 8.04. The van der Waals surface area contributed by atoms with E-state index in [1.165, 1.54) is 11.8 Å². The molecule has 3 heterocycles. The molecule has 0 fully saturated rings. The summed E-state index contributed by atoms with van der Waals surface area (Å²) in [6.45, 7) is 0. The van der Waals surface area contributed by atoms with Gasteiger partial charge in [0.05, 0.1) is 24.6 Å². The Morgan fingerprint density at radius 1 is 1.03 bits per heavy atom. The molecule has 176 valence electrons. The van der Waals surface area contributed by atoms with Crippen molar-refractivity contribution in [2.45, 2.75) is 17.6 Å². The van der Waals surface area contributed by atoms with E-state index in [2.05, 4.69) is 15.2 Å². The first kappa shape index (κ1) is 22.8. The zero-order valence-electron chi connectivity index (χ0n) is 19.4. The molecule has 9 heteroatoms. The van der Waals surface area contributed by atoms with Crippen LogP contribution in [0.4, 0.5) is 0 Å². The van der Waals surface area contributed by atoms with Crippen LogP contribution in [0.2, 0.25) is 0 Å². The maximum absolute atomic E-state index is 13.4. The molecule has 0 bridgehead atoms. The van der Waals surface area contributed by atoms with Gasteiger partial charge in [-0.3, -0.25) is 9.78 Å². The third-order valence-corrected chi connectivity index (χ3v) is 6.86. The lowest BCUT2D eigenvalue weighted by Gasteiger charge is -2.22. The zero-order chi connectivity index (χ0) is 24.2. The summed E-state index contributed by atoms with van der Waals surface area (Å²) in [4.78, 5) is 17.5. The molecule has 1 atom stereocenters. The van der Waals surface area contributed by atoms with Gasteiger partial charge in [-0.2, -0.15) is 5.10 Å². The number of nitrogens with zero attached hydrogens (tertiary/aromatic N) is 6. The number of amides is 1. The highest BCUT2D eigenvalue weighted by Gasteiger charge is 2.33. The van der Waals surface area contributed by atoms with Crippen molar-refractivity contribution in [1.82, 2.24) is 24.8 Å². The predicted molar refractivity (Wildman–Crippen MR) is 135 cm³/mol. The third-order valence-electron chi connectivity index (χ3n) is 5.85. The maximum atomic E-state index is 13.4. The van der Waals surface area contributed by atoms with Crippen LogP contribution in [0.5, 0.6) is 5.75 Å². The molecule has 1 aliphatic rings. The van der Waals surface area contributed by atoms with Gasteiger partial charge in [-0.25, -0.2) is 5.01 Å². The molecule has 0 spiro atoms. The lowest BCUT2D eigenvalue weighted by molar-refractivity contribution is -0.130. The van der Waals surface area contributed by atoms with E-state index >= 15 is 0 Å². The van der Waals surface area contributed by atoms with Gasteiger partial charge >= 0.3 is 0 Å². The van der Waals surface area contributed by atoms with Gasteiger partial charge in [0.15, 0.2) is 11.0 Å². The Bertz CT molecular complexity index is 1340. The molecule has 2 aromatic heterocycles. The lowest BCUT2D eigenvalue weighted by atomic mass is 9.98. The minimum absolute atomic E-state index is 0.0901. The predicted octanol–water partition coefficient (Wildman–Crippen LogP) is 4.36. The van der Waals surface area contributed by atoms with Gasteiger partial charge in [0.2, 0.25) is 0 Å². The van der Waals surface area contributed by atoms with E-state index in [-0.39, 0.29) is 17.7 Å². The van der Waals surface area contributed by atoms with Crippen molar-refractivity contribution in [3.05, 3.63) is 90.3 Å². The SMILES string of the molecule is COc1ccc(C2CC(c3ccccc3)=NN2C(=O)CSc2nnc(-c3cccnc3)n2C)cc1. The van der Waals surface area contributed by atoms with E-state index in [1.807, 2.05) is 78.3 Å². The quantitative estimate of drug-likeness (QED) is 0.363. The highest BCUT2D eigenvalue weighted by molar-refractivity contribution is 7.99. The van der Waals surface area contributed by atoms with Crippen LogP contribution >= 0.6 is 11.8 Å². The summed E-state index contributed by atoms with van der Waals surface area (Å²) in [6, 6.07) is 21.4. The highest BCUT2D eigenvalue weighted by atomic mass is 32.2. The number of carbonyl (C=O) groups is 1. The fraction of sp³-hybridized carbons (Fsp3) is 0.192. The van der Waals surface area contributed by atoms with E-state index in [0.29, 0.717) is 17.4 Å². The van der Waals surface area contributed by atoms with Crippen LogP contribution in [0.1, 0.15) is 23.6 Å². The highest BCUT2D eigenvalue weighted by Crippen LogP contribution is 2.34. The Morgan fingerprint density at radius 2 is 1.80 bits per heavy atom. The van der Waals surface area contributed by atoms with Crippen LogP contribution in [0.3, 0.4) is 0 Å². The second-order valence-corrected chi connectivity index (χ2v) is 8.98. The molecule has 4 aromatic rings. The average Bonchev–Trinajstić information content (AvgIpc) is 3.52. The maximum Gasteiger partial charge on any atom is 0.253 e.